The molecule has 0 aliphatic heterocycles. The van der Waals surface area contributed by atoms with E-state index in [2.05, 4.69) is 26.6 Å². The summed E-state index contributed by atoms with van der Waals surface area (Å²) in [5.74, 6) is 1.17. The van der Waals surface area contributed by atoms with Gasteiger partial charge in [-0.1, -0.05) is 6.07 Å². The summed E-state index contributed by atoms with van der Waals surface area (Å²) >= 11 is 3.44. The van der Waals surface area contributed by atoms with Crippen LogP contribution in [0, 0.1) is 6.92 Å². The number of anilines is 2. The number of hydrogen-bond donors (Lipinski definition) is 2. The molecule has 0 aliphatic carbocycles. The predicted molar refractivity (Wildman–Crippen MR) is 95.5 cm³/mol. The van der Waals surface area contributed by atoms with Crippen LogP contribution in [0.5, 0.6) is 11.5 Å². The Morgan fingerprint density at radius 1 is 1.09 bits per heavy atom. The molecule has 6 heteroatoms. The van der Waals surface area contributed by atoms with E-state index in [1.165, 1.54) is 0 Å². The molecule has 0 radical (unpaired) electrons. The van der Waals surface area contributed by atoms with Crippen LogP contribution in [0.1, 0.15) is 5.56 Å². The number of hydrogen-bond acceptors (Lipinski definition) is 4. The first-order valence-corrected chi connectivity index (χ1v) is 7.84. The summed E-state index contributed by atoms with van der Waals surface area (Å²) in [4.78, 5) is 12.1. The third-order valence-corrected chi connectivity index (χ3v) is 3.90. The number of halogens is 1. The average Bonchev–Trinajstić information content (AvgIpc) is 2.55. The number of carbonyl (C=O) groups excluding carboxylic acids is 1. The van der Waals surface area contributed by atoms with Crippen molar-refractivity contribution >= 4 is 33.2 Å². The van der Waals surface area contributed by atoms with E-state index in [0.717, 1.165) is 21.4 Å². The summed E-state index contributed by atoms with van der Waals surface area (Å²) in [6.45, 7) is 2.12. The molecule has 2 rings (SSSR count). The molecule has 5 nitrogen and oxygen atoms in total. The Balaban J connectivity index is 1.99. The van der Waals surface area contributed by atoms with E-state index in [1.807, 2.05) is 31.2 Å². The summed E-state index contributed by atoms with van der Waals surface area (Å²) in [6.07, 6.45) is 0. The zero-order valence-electron chi connectivity index (χ0n) is 13.3. The van der Waals surface area contributed by atoms with Crippen LogP contribution < -0.4 is 20.1 Å². The number of carbonyl (C=O) groups is 1. The molecule has 23 heavy (non-hydrogen) atoms. The zero-order valence-corrected chi connectivity index (χ0v) is 14.9. The van der Waals surface area contributed by atoms with E-state index in [9.17, 15) is 4.79 Å². The number of ether oxygens (including phenoxy) is 2. The molecule has 0 saturated heterocycles. The Bertz CT molecular complexity index is 704. The molecular formula is C17H19BrN2O3. The Hall–Kier alpha value is -2.21. The smallest absolute Gasteiger partial charge is 0.243 e. The molecule has 2 aromatic carbocycles. The van der Waals surface area contributed by atoms with Crippen LogP contribution in [-0.2, 0) is 4.79 Å². The lowest BCUT2D eigenvalue weighted by atomic mass is 10.2. The topological polar surface area (TPSA) is 59.6 Å². The molecule has 0 unspecified atom stereocenters. The molecule has 0 aliphatic rings. The van der Waals surface area contributed by atoms with E-state index in [1.54, 1.807) is 26.4 Å². The molecule has 0 saturated carbocycles. The Morgan fingerprint density at radius 3 is 2.48 bits per heavy atom. The van der Waals surface area contributed by atoms with Crippen molar-refractivity contribution in [2.24, 2.45) is 0 Å². The van der Waals surface area contributed by atoms with Crippen molar-refractivity contribution < 1.29 is 14.3 Å². The summed E-state index contributed by atoms with van der Waals surface area (Å²) in [5, 5.41) is 5.91. The monoisotopic (exact) mass is 378 g/mol. The van der Waals surface area contributed by atoms with Gasteiger partial charge in [0.1, 0.15) is 11.5 Å². The van der Waals surface area contributed by atoms with Gasteiger partial charge in [-0.2, -0.15) is 0 Å². The van der Waals surface area contributed by atoms with Gasteiger partial charge < -0.3 is 20.1 Å². The van der Waals surface area contributed by atoms with Gasteiger partial charge in [0.05, 0.1) is 32.1 Å². The van der Waals surface area contributed by atoms with Gasteiger partial charge >= 0.3 is 0 Å². The molecule has 2 aromatic rings. The van der Waals surface area contributed by atoms with Gasteiger partial charge in [0.15, 0.2) is 0 Å². The summed E-state index contributed by atoms with van der Waals surface area (Å²) in [6, 6.07) is 11.1. The molecule has 0 heterocycles. The minimum absolute atomic E-state index is 0.128. The van der Waals surface area contributed by atoms with Gasteiger partial charge in [-0.15, -0.1) is 0 Å². The maximum atomic E-state index is 12.1. The molecule has 0 aromatic heterocycles. The number of aryl methyl sites for hydroxylation is 1. The van der Waals surface area contributed by atoms with Crippen molar-refractivity contribution in [2.45, 2.75) is 6.92 Å². The van der Waals surface area contributed by atoms with Crippen LogP contribution >= 0.6 is 15.9 Å². The fourth-order valence-electron chi connectivity index (χ4n) is 2.04. The van der Waals surface area contributed by atoms with Crippen molar-refractivity contribution in [2.75, 3.05) is 31.4 Å². The fraction of sp³-hybridized carbons (Fsp3) is 0.235. The molecular weight excluding hydrogens is 360 g/mol. The summed E-state index contributed by atoms with van der Waals surface area (Å²) < 4.78 is 11.3. The first-order valence-electron chi connectivity index (χ1n) is 7.05. The van der Waals surface area contributed by atoms with Crippen LogP contribution in [-0.4, -0.2) is 26.7 Å². The third kappa shape index (κ3) is 4.63. The van der Waals surface area contributed by atoms with Gasteiger partial charge in [-0.3, -0.25) is 4.79 Å². The molecule has 0 fully saturated rings. The highest BCUT2D eigenvalue weighted by molar-refractivity contribution is 9.10. The number of rotatable bonds is 6. The minimum Gasteiger partial charge on any atom is -0.497 e. The van der Waals surface area contributed by atoms with Crippen LogP contribution in [0.4, 0.5) is 11.4 Å². The Morgan fingerprint density at radius 2 is 1.83 bits per heavy atom. The first kappa shape index (κ1) is 17.1. The van der Waals surface area contributed by atoms with E-state index < -0.39 is 0 Å². The quantitative estimate of drug-likeness (QED) is 0.801. The number of amides is 1. The minimum atomic E-state index is -0.146. The second-order valence-electron chi connectivity index (χ2n) is 4.95. The highest BCUT2D eigenvalue weighted by Crippen LogP contribution is 2.29. The lowest BCUT2D eigenvalue weighted by molar-refractivity contribution is -0.114. The SMILES string of the molecule is COc1ccc(NCC(=O)Nc2ccc(C)cc2Br)c(OC)c1. The van der Waals surface area contributed by atoms with E-state index in [-0.39, 0.29) is 12.5 Å². The van der Waals surface area contributed by atoms with Crippen molar-refractivity contribution in [3.8, 4) is 11.5 Å². The highest BCUT2D eigenvalue weighted by atomic mass is 79.9. The predicted octanol–water partition coefficient (Wildman–Crippen LogP) is 3.83. The second kappa shape index (κ2) is 7.87. The molecule has 1 amide bonds. The molecule has 0 spiro atoms. The lowest BCUT2D eigenvalue weighted by Gasteiger charge is -2.13. The highest BCUT2D eigenvalue weighted by Gasteiger charge is 2.09. The van der Waals surface area contributed by atoms with Crippen LogP contribution in [0.25, 0.3) is 0 Å². The van der Waals surface area contributed by atoms with Crippen molar-refractivity contribution in [1.82, 2.24) is 0 Å². The van der Waals surface area contributed by atoms with Crippen molar-refractivity contribution in [1.29, 1.82) is 0 Å². The standard InChI is InChI=1S/C17H19BrN2O3/c1-11-4-6-14(13(18)8-11)20-17(21)10-19-15-7-5-12(22-2)9-16(15)23-3/h4-9,19H,10H2,1-3H3,(H,20,21). The number of benzene rings is 2. The van der Waals surface area contributed by atoms with Gasteiger partial charge in [-0.05, 0) is 52.7 Å². The first-order chi connectivity index (χ1) is 11.0. The summed E-state index contributed by atoms with van der Waals surface area (Å²) in [7, 11) is 3.16. The molecule has 0 bridgehead atoms. The average molecular weight is 379 g/mol. The Labute approximate surface area is 144 Å². The number of nitrogens with one attached hydrogen (secondary N) is 2. The van der Waals surface area contributed by atoms with E-state index in [0.29, 0.717) is 11.5 Å². The van der Waals surface area contributed by atoms with E-state index >= 15 is 0 Å². The van der Waals surface area contributed by atoms with Gasteiger partial charge in [0.25, 0.3) is 0 Å². The van der Waals surface area contributed by atoms with Gasteiger partial charge in [0, 0.05) is 10.5 Å². The van der Waals surface area contributed by atoms with Crippen molar-refractivity contribution in [3.63, 3.8) is 0 Å². The molecule has 122 valence electrons. The third-order valence-electron chi connectivity index (χ3n) is 3.25. The van der Waals surface area contributed by atoms with Crippen LogP contribution in [0.15, 0.2) is 40.9 Å². The molecule has 2 N–H and O–H groups in total. The maximum absolute atomic E-state index is 12.1. The molecule has 0 atom stereocenters. The summed E-state index contributed by atoms with van der Waals surface area (Å²) in [5.41, 5.74) is 2.59. The fourth-order valence-corrected chi connectivity index (χ4v) is 2.63. The zero-order chi connectivity index (χ0) is 16.8. The maximum Gasteiger partial charge on any atom is 0.243 e. The van der Waals surface area contributed by atoms with E-state index in [4.69, 9.17) is 9.47 Å². The largest absolute Gasteiger partial charge is 0.497 e. The van der Waals surface area contributed by atoms with Gasteiger partial charge in [-0.25, -0.2) is 0 Å². The normalized spacial score (nSPS) is 10.1. The Kier molecular flexibility index (Phi) is 5.87. The van der Waals surface area contributed by atoms with Crippen molar-refractivity contribution in [3.05, 3.63) is 46.4 Å². The van der Waals surface area contributed by atoms with Crippen LogP contribution in [0.3, 0.4) is 0 Å². The number of methoxy groups -OCH3 is 2. The van der Waals surface area contributed by atoms with Gasteiger partial charge in [0.2, 0.25) is 5.91 Å². The van der Waals surface area contributed by atoms with Crippen LogP contribution in [0.2, 0.25) is 0 Å². The second-order valence-corrected chi connectivity index (χ2v) is 5.81. The lowest BCUT2D eigenvalue weighted by Crippen LogP contribution is -2.22.